The minimum absolute atomic E-state index is 0.0761. The minimum Gasteiger partial charge on any atom is -0.372 e. The molecule has 1 aromatic heterocycles. The van der Waals surface area contributed by atoms with E-state index in [4.69, 9.17) is 4.74 Å². The molecule has 0 N–H and O–H groups in total. The van der Waals surface area contributed by atoms with E-state index in [9.17, 15) is 9.18 Å². The first kappa shape index (κ1) is 20.5. The van der Waals surface area contributed by atoms with Crippen LogP contribution in [-0.2, 0) is 4.74 Å². The fourth-order valence-corrected chi connectivity index (χ4v) is 4.58. The van der Waals surface area contributed by atoms with Gasteiger partial charge in [0.1, 0.15) is 5.82 Å². The van der Waals surface area contributed by atoms with Crippen LogP contribution in [0.15, 0.2) is 83.8 Å². The van der Waals surface area contributed by atoms with Gasteiger partial charge >= 0.3 is 0 Å². The molecule has 0 spiro atoms. The lowest BCUT2D eigenvalue weighted by Gasteiger charge is -2.36. The summed E-state index contributed by atoms with van der Waals surface area (Å²) < 4.78 is 20.8. The van der Waals surface area contributed by atoms with Crippen LogP contribution in [0.5, 0.6) is 0 Å². The number of anilines is 1. The minimum atomic E-state index is -0.277. The Kier molecular flexibility index (Phi) is 5.27. The molecule has 3 aromatic carbocycles. The van der Waals surface area contributed by atoms with Crippen molar-refractivity contribution in [1.29, 1.82) is 0 Å². The first-order valence-corrected chi connectivity index (χ1v) is 10.9. The third-order valence-electron chi connectivity index (χ3n) is 6.01. The normalized spacial score (nSPS) is 18.8. The smallest absolute Gasteiger partial charge is 0.262 e. The van der Waals surface area contributed by atoms with Gasteiger partial charge in [-0.1, -0.05) is 24.3 Å². The average molecular weight is 429 g/mol. The van der Waals surface area contributed by atoms with Gasteiger partial charge in [0, 0.05) is 36.0 Å². The van der Waals surface area contributed by atoms with Gasteiger partial charge in [0.25, 0.3) is 5.56 Å². The van der Waals surface area contributed by atoms with E-state index in [0.29, 0.717) is 5.39 Å². The number of ether oxygens (including phenoxy) is 1. The van der Waals surface area contributed by atoms with Crippen LogP contribution in [0, 0.1) is 5.82 Å². The van der Waals surface area contributed by atoms with Crippen molar-refractivity contribution < 1.29 is 9.13 Å². The van der Waals surface area contributed by atoms with Gasteiger partial charge in [-0.2, -0.15) is 0 Å². The summed E-state index contributed by atoms with van der Waals surface area (Å²) in [6, 6.07) is 22.1. The van der Waals surface area contributed by atoms with Gasteiger partial charge in [0.2, 0.25) is 0 Å². The van der Waals surface area contributed by atoms with Gasteiger partial charge < -0.3 is 9.64 Å². The molecule has 4 nitrogen and oxygen atoms in total. The van der Waals surface area contributed by atoms with Crippen LogP contribution >= 0.6 is 0 Å². The molecule has 5 heteroatoms. The highest BCUT2D eigenvalue weighted by Crippen LogP contribution is 2.28. The summed E-state index contributed by atoms with van der Waals surface area (Å²) in [6.07, 6.45) is 2.19. The highest BCUT2D eigenvalue weighted by atomic mass is 19.1. The van der Waals surface area contributed by atoms with Gasteiger partial charge in [0.05, 0.1) is 12.2 Å². The lowest BCUT2D eigenvalue weighted by atomic mass is 9.99. The fourth-order valence-electron chi connectivity index (χ4n) is 4.58. The summed E-state index contributed by atoms with van der Waals surface area (Å²) in [6.45, 7) is 5.88. The molecular formula is C27H25FN2O2. The molecule has 2 atom stereocenters. The van der Waals surface area contributed by atoms with Crippen molar-refractivity contribution in [3.63, 3.8) is 0 Å². The molecule has 4 aromatic rings. The number of rotatable bonds is 3. The van der Waals surface area contributed by atoms with Gasteiger partial charge in [-0.15, -0.1) is 0 Å². The lowest BCUT2D eigenvalue weighted by Crippen LogP contribution is -2.45. The summed E-state index contributed by atoms with van der Waals surface area (Å²) in [5, 5.41) is 1.49. The van der Waals surface area contributed by atoms with Crippen molar-refractivity contribution in [3.05, 3.63) is 95.2 Å². The number of morpholine rings is 1. The van der Waals surface area contributed by atoms with E-state index in [1.165, 1.54) is 12.1 Å². The topological polar surface area (TPSA) is 34.5 Å². The average Bonchev–Trinajstić information content (AvgIpc) is 2.79. The molecule has 5 rings (SSSR count). The second kappa shape index (κ2) is 8.24. The number of pyridine rings is 1. The molecule has 0 bridgehead atoms. The quantitative estimate of drug-likeness (QED) is 0.438. The molecule has 2 heterocycles. The number of hydrogen-bond acceptors (Lipinski definition) is 3. The Labute approximate surface area is 186 Å². The van der Waals surface area contributed by atoms with Crippen LogP contribution in [0.3, 0.4) is 0 Å². The number of benzene rings is 3. The van der Waals surface area contributed by atoms with E-state index < -0.39 is 0 Å². The van der Waals surface area contributed by atoms with Crippen molar-refractivity contribution >= 4 is 16.5 Å². The van der Waals surface area contributed by atoms with Crippen molar-refractivity contribution in [2.24, 2.45) is 0 Å². The number of fused-ring (bicyclic) bond motifs is 1. The molecule has 32 heavy (non-hydrogen) atoms. The van der Waals surface area contributed by atoms with Crippen LogP contribution < -0.4 is 10.5 Å². The molecule has 0 unspecified atom stereocenters. The summed E-state index contributed by atoms with van der Waals surface area (Å²) in [4.78, 5) is 15.6. The van der Waals surface area contributed by atoms with Crippen LogP contribution in [-0.4, -0.2) is 29.9 Å². The number of nitrogens with zero attached hydrogens (tertiary/aromatic N) is 2. The second-order valence-corrected chi connectivity index (χ2v) is 8.44. The van der Waals surface area contributed by atoms with E-state index in [1.807, 2.05) is 42.6 Å². The van der Waals surface area contributed by atoms with Gasteiger partial charge in [-0.05, 0) is 78.9 Å². The Morgan fingerprint density at radius 1 is 0.812 bits per heavy atom. The Bertz CT molecular complexity index is 1300. The molecule has 162 valence electrons. The van der Waals surface area contributed by atoms with Crippen LogP contribution in [0.4, 0.5) is 10.1 Å². The molecule has 0 aliphatic carbocycles. The Morgan fingerprint density at radius 3 is 2.16 bits per heavy atom. The van der Waals surface area contributed by atoms with Crippen LogP contribution in [0.2, 0.25) is 0 Å². The van der Waals surface area contributed by atoms with Crippen molar-refractivity contribution in [2.75, 3.05) is 18.0 Å². The summed E-state index contributed by atoms with van der Waals surface area (Å²) in [5.74, 6) is -0.277. The molecule has 0 saturated carbocycles. The SMILES string of the molecule is C[C@@H]1CN(c2ccc(-n3ccc4c(-c5ccc(F)cc5)cccc4c3=O)cc2)C[C@H](C)O1. The van der Waals surface area contributed by atoms with Crippen LogP contribution in [0.25, 0.3) is 27.6 Å². The molecular weight excluding hydrogens is 403 g/mol. The fraction of sp³-hybridized carbons (Fsp3) is 0.222. The predicted molar refractivity (Wildman–Crippen MR) is 127 cm³/mol. The van der Waals surface area contributed by atoms with Crippen LogP contribution in [0.1, 0.15) is 13.8 Å². The standard InChI is InChI=1S/C27H25FN2O2/c1-18-16-29(17-19(2)32-18)22-10-12-23(13-11-22)30-15-14-25-24(4-3-5-26(25)27(30)31)20-6-8-21(28)9-7-20/h3-15,18-19H,16-17H2,1-2H3/t18-,19+. The largest absolute Gasteiger partial charge is 0.372 e. The van der Waals surface area contributed by atoms with Gasteiger partial charge in [-0.3, -0.25) is 9.36 Å². The Hall–Kier alpha value is -3.44. The summed E-state index contributed by atoms with van der Waals surface area (Å²) >= 11 is 0. The first-order valence-electron chi connectivity index (χ1n) is 10.9. The van der Waals surface area contributed by atoms with Gasteiger partial charge in [-0.25, -0.2) is 4.39 Å². The lowest BCUT2D eigenvalue weighted by molar-refractivity contribution is -0.00521. The highest BCUT2D eigenvalue weighted by Gasteiger charge is 2.22. The zero-order valence-electron chi connectivity index (χ0n) is 18.2. The summed E-state index contributed by atoms with van der Waals surface area (Å²) in [5.41, 5.74) is 3.67. The zero-order valence-corrected chi connectivity index (χ0v) is 18.2. The monoisotopic (exact) mass is 428 g/mol. The van der Waals surface area contributed by atoms with Crippen molar-refractivity contribution in [3.8, 4) is 16.8 Å². The Balaban J connectivity index is 1.50. The molecule has 1 fully saturated rings. The van der Waals surface area contributed by atoms with Gasteiger partial charge in [0.15, 0.2) is 0 Å². The first-order chi connectivity index (χ1) is 15.5. The maximum Gasteiger partial charge on any atom is 0.262 e. The molecule has 1 aliphatic heterocycles. The molecule has 0 radical (unpaired) electrons. The molecule has 0 amide bonds. The molecule has 1 aliphatic rings. The maximum absolute atomic E-state index is 13.3. The van der Waals surface area contributed by atoms with Crippen molar-refractivity contribution in [1.82, 2.24) is 4.57 Å². The van der Waals surface area contributed by atoms with E-state index in [0.717, 1.165) is 41.0 Å². The van der Waals surface area contributed by atoms with E-state index in [1.54, 1.807) is 16.7 Å². The highest BCUT2D eigenvalue weighted by molar-refractivity contribution is 5.96. The third kappa shape index (κ3) is 3.80. The van der Waals surface area contributed by atoms with E-state index in [2.05, 4.69) is 30.9 Å². The Morgan fingerprint density at radius 2 is 1.47 bits per heavy atom. The second-order valence-electron chi connectivity index (χ2n) is 8.44. The number of aromatic nitrogens is 1. The van der Waals surface area contributed by atoms with E-state index in [-0.39, 0.29) is 23.6 Å². The number of hydrogen-bond donors (Lipinski definition) is 0. The van der Waals surface area contributed by atoms with Crippen molar-refractivity contribution in [2.45, 2.75) is 26.1 Å². The van der Waals surface area contributed by atoms with E-state index >= 15 is 0 Å². The zero-order chi connectivity index (χ0) is 22.2. The number of halogens is 1. The maximum atomic E-state index is 13.3. The third-order valence-corrected chi connectivity index (χ3v) is 6.01. The predicted octanol–water partition coefficient (Wildman–Crippen LogP) is 5.41. The molecule has 1 saturated heterocycles. The summed E-state index contributed by atoms with van der Waals surface area (Å²) in [7, 11) is 0.